The Morgan fingerprint density at radius 3 is 2.45 bits per heavy atom. The first-order valence-corrected chi connectivity index (χ1v) is 12.3. The molecule has 0 amide bonds. The zero-order valence-electron chi connectivity index (χ0n) is 19.7. The zero-order valence-corrected chi connectivity index (χ0v) is 19.7. The van der Waals surface area contributed by atoms with Crippen molar-refractivity contribution < 1.29 is 13.9 Å². The van der Waals surface area contributed by atoms with Gasteiger partial charge in [0, 0.05) is 51.7 Å². The van der Waals surface area contributed by atoms with Gasteiger partial charge in [-0.2, -0.15) is 0 Å². The van der Waals surface area contributed by atoms with Gasteiger partial charge in [-0.15, -0.1) is 0 Å². The summed E-state index contributed by atoms with van der Waals surface area (Å²) < 4.78 is 19.4. The van der Waals surface area contributed by atoms with E-state index in [-0.39, 0.29) is 11.8 Å². The van der Waals surface area contributed by atoms with Gasteiger partial charge in [0.1, 0.15) is 5.82 Å². The molecule has 2 unspecified atom stereocenters. The van der Waals surface area contributed by atoms with Crippen LogP contribution in [0.15, 0.2) is 54.6 Å². The average molecular weight is 454 g/mol. The fraction of sp³-hybridized carbons (Fsp3) is 0.519. The van der Waals surface area contributed by atoms with Gasteiger partial charge in [-0.1, -0.05) is 42.5 Å². The van der Waals surface area contributed by atoms with E-state index in [0.29, 0.717) is 30.7 Å². The lowest BCUT2D eigenvalue weighted by Gasteiger charge is -2.47. The molecule has 2 fully saturated rings. The highest BCUT2D eigenvalue weighted by Gasteiger charge is 2.35. The molecular formula is C27H36FN3O2. The quantitative estimate of drug-likeness (QED) is 0.561. The largest absolute Gasteiger partial charge is 0.466 e. The van der Waals surface area contributed by atoms with Gasteiger partial charge in [0.15, 0.2) is 0 Å². The summed E-state index contributed by atoms with van der Waals surface area (Å²) in [5.41, 5.74) is 2.03. The molecule has 0 N–H and O–H groups in total. The van der Waals surface area contributed by atoms with E-state index >= 15 is 0 Å². The Morgan fingerprint density at radius 1 is 1.00 bits per heavy atom. The minimum atomic E-state index is -0.146. The normalized spacial score (nSPS) is 22.3. The number of likely N-dealkylation sites (tertiary alicyclic amines) is 1. The van der Waals surface area contributed by atoms with Crippen molar-refractivity contribution in [1.82, 2.24) is 9.80 Å². The minimum absolute atomic E-state index is 0.0965. The van der Waals surface area contributed by atoms with Crippen LogP contribution in [0.4, 0.5) is 10.1 Å². The van der Waals surface area contributed by atoms with E-state index in [1.165, 1.54) is 11.6 Å². The number of esters is 1. The summed E-state index contributed by atoms with van der Waals surface area (Å²) in [5, 5.41) is 0. The molecule has 0 aromatic heterocycles. The predicted molar refractivity (Wildman–Crippen MR) is 130 cm³/mol. The number of piperazine rings is 1. The lowest BCUT2D eigenvalue weighted by Crippen LogP contribution is -2.56. The summed E-state index contributed by atoms with van der Waals surface area (Å²) in [6.45, 7) is 8.80. The fourth-order valence-corrected chi connectivity index (χ4v) is 5.38. The number of para-hydroxylation sites is 1. The summed E-state index contributed by atoms with van der Waals surface area (Å²) in [4.78, 5) is 19.3. The maximum atomic E-state index is 14.2. The van der Waals surface area contributed by atoms with Crippen LogP contribution in [-0.2, 0) is 16.1 Å². The molecule has 0 aliphatic carbocycles. The van der Waals surface area contributed by atoms with Crippen LogP contribution < -0.4 is 4.90 Å². The molecule has 4 rings (SSSR count). The smallest absolute Gasteiger partial charge is 0.305 e. The van der Waals surface area contributed by atoms with Crippen LogP contribution in [0.1, 0.15) is 31.7 Å². The lowest BCUT2D eigenvalue weighted by molar-refractivity contribution is -0.143. The van der Waals surface area contributed by atoms with Gasteiger partial charge in [-0.25, -0.2) is 4.39 Å². The minimum Gasteiger partial charge on any atom is -0.466 e. The summed E-state index contributed by atoms with van der Waals surface area (Å²) in [6.07, 6.45) is 2.42. The number of carbonyl (C=O) groups excluding carboxylic acids is 1. The molecule has 2 heterocycles. The maximum Gasteiger partial charge on any atom is 0.305 e. The Labute approximate surface area is 197 Å². The standard InChI is InChI=1S/C27H36FN3O2/c1-2-33-27(32)13-12-23-21-29(20-22-8-4-3-5-9-22)15-14-25(23)30-16-18-31(19-17-30)26-11-7-6-10-24(26)28/h3-11,23,25H,2,12-21H2,1H3. The third-order valence-electron chi connectivity index (χ3n) is 7.03. The Bertz CT molecular complexity index is 886. The lowest BCUT2D eigenvalue weighted by atomic mass is 9.86. The van der Waals surface area contributed by atoms with Gasteiger partial charge in [-0.3, -0.25) is 14.6 Å². The Hall–Kier alpha value is -2.44. The molecule has 5 nitrogen and oxygen atoms in total. The number of benzene rings is 2. The van der Waals surface area contributed by atoms with Crippen molar-refractivity contribution in [3.05, 3.63) is 66.0 Å². The van der Waals surface area contributed by atoms with Gasteiger partial charge >= 0.3 is 5.97 Å². The maximum absolute atomic E-state index is 14.2. The summed E-state index contributed by atoms with van der Waals surface area (Å²) in [5.74, 6) is 0.181. The van der Waals surface area contributed by atoms with Gasteiger partial charge < -0.3 is 9.64 Å². The van der Waals surface area contributed by atoms with Crippen molar-refractivity contribution in [3.63, 3.8) is 0 Å². The highest BCUT2D eigenvalue weighted by Crippen LogP contribution is 2.29. The molecule has 2 saturated heterocycles. The van der Waals surface area contributed by atoms with Crippen LogP contribution in [0.2, 0.25) is 0 Å². The highest BCUT2D eigenvalue weighted by atomic mass is 19.1. The number of anilines is 1. The Morgan fingerprint density at radius 2 is 1.73 bits per heavy atom. The van der Waals surface area contributed by atoms with Crippen molar-refractivity contribution in [2.45, 2.75) is 38.8 Å². The van der Waals surface area contributed by atoms with E-state index in [1.807, 2.05) is 19.1 Å². The van der Waals surface area contributed by atoms with E-state index in [2.05, 4.69) is 45.0 Å². The molecule has 6 heteroatoms. The molecule has 0 radical (unpaired) electrons. The number of halogens is 1. The number of nitrogens with zero attached hydrogens (tertiary/aromatic N) is 3. The number of hydrogen-bond donors (Lipinski definition) is 0. The van der Waals surface area contributed by atoms with Crippen molar-refractivity contribution >= 4 is 11.7 Å². The topological polar surface area (TPSA) is 36.0 Å². The first-order valence-electron chi connectivity index (χ1n) is 12.3. The zero-order chi connectivity index (χ0) is 23.0. The third-order valence-corrected chi connectivity index (χ3v) is 7.03. The van der Waals surface area contributed by atoms with Crippen LogP contribution in [0.5, 0.6) is 0 Å². The average Bonchev–Trinajstić information content (AvgIpc) is 2.84. The van der Waals surface area contributed by atoms with E-state index in [0.717, 1.165) is 58.7 Å². The number of carbonyl (C=O) groups is 1. The Kier molecular flexibility index (Phi) is 8.35. The van der Waals surface area contributed by atoms with Crippen LogP contribution in [-0.4, -0.2) is 67.7 Å². The number of hydrogen-bond acceptors (Lipinski definition) is 5. The van der Waals surface area contributed by atoms with E-state index < -0.39 is 0 Å². The fourth-order valence-electron chi connectivity index (χ4n) is 5.38. The van der Waals surface area contributed by atoms with E-state index in [1.54, 1.807) is 6.07 Å². The molecular weight excluding hydrogens is 417 g/mol. The van der Waals surface area contributed by atoms with E-state index in [4.69, 9.17) is 4.74 Å². The first kappa shape index (κ1) is 23.7. The number of piperidine rings is 1. The first-order chi connectivity index (χ1) is 16.1. The molecule has 0 spiro atoms. The molecule has 2 aliphatic rings. The second-order valence-electron chi connectivity index (χ2n) is 9.15. The second-order valence-corrected chi connectivity index (χ2v) is 9.15. The van der Waals surface area contributed by atoms with Crippen LogP contribution >= 0.6 is 0 Å². The SMILES string of the molecule is CCOC(=O)CCC1CN(Cc2ccccc2)CCC1N1CCN(c2ccccc2F)CC1. The molecule has 2 aliphatic heterocycles. The second kappa shape index (κ2) is 11.6. The van der Waals surface area contributed by atoms with Crippen molar-refractivity contribution in [3.8, 4) is 0 Å². The Balaban J connectivity index is 1.38. The van der Waals surface area contributed by atoms with Crippen molar-refractivity contribution in [2.75, 3.05) is 50.8 Å². The van der Waals surface area contributed by atoms with Gasteiger partial charge in [0.2, 0.25) is 0 Å². The molecule has 33 heavy (non-hydrogen) atoms. The van der Waals surface area contributed by atoms with Crippen molar-refractivity contribution in [2.24, 2.45) is 5.92 Å². The molecule has 2 atom stereocenters. The van der Waals surface area contributed by atoms with Gasteiger partial charge in [0.05, 0.1) is 12.3 Å². The predicted octanol–water partition coefficient (Wildman–Crippen LogP) is 4.18. The van der Waals surface area contributed by atoms with Gasteiger partial charge in [-0.05, 0) is 49.9 Å². The van der Waals surface area contributed by atoms with Crippen LogP contribution in [0, 0.1) is 11.7 Å². The highest BCUT2D eigenvalue weighted by molar-refractivity contribution is 5.69. The number of ether oxygens (including phenoxy) is 1. The monoisotopic (exact) mass is 453 g/mol. The molecule has 2 aromatic rings. The van der Waals surface area contributed by atoms with Gasteiger partial charge in [0.25, 0.3) is 0 Å². The molecule has 2 aromatic carbocycles. The molecule has 0 bridgehead atoms. The number of rotatable bonds is 8. The summed E-state index contributed by atoms with van der Waals surface area (Å²) in [7, 11) is 0. The summed E-state index contributed by atoms with van der Waals surface area (Å²) in [6, 6.07) is 18.1. The van der Waals surface area contributed by atoms with Crippen LogP contribution in [0.3, 0.4) is 0 Å². The third kappa shape index (κ3) is 6.33. The van der Waals surface area contributed by atoms with Crippen LogP contribution in [0.25, 0.3) is 0 Å². The molecule has 0 saturated carbocycles. The van der Waals surface area contributed by atoms with Crippen molar-refractivity contribution in [1.29, 1.82) is 0 Å². The molecule has 178 valence electrons. The van der Waals surface area contributed by atoms with E-state index in [9.17, 15) is 9.18 Å². The summed E-state index contributed by atoms with van der Waals surface area (Å²) >= 11 is 0.